The molecule has 26 heavy (non-hydrogen) atoms. The molecule has 0 unspecified atom stereocenters. The van der Waals surface area contributed by atoms with Crippen LogP contribution < -0.4 is 5.32 Å². The van der Waals surface area contributed by atoms with Crippen LogP contribution in [-0.4, -0.2) is 31.9 Å². The second-order valence-corrected chi connectivity index (χ2v) is 7.02. The van der Waals surface area contributed by atoms with Crippen molar-refractivity contribution >= 4 is 27.7 Å². The van der Waals surface area contributed by atoms with Gasteiger partial charge in [-0.3, -0.25) is 14.6 Å². The number of carbonyl (C=O) groups excluding carboxylic acids is 1. The predicted octanol–water partition coefficient (Wildman–Crippen LogP) is 2.93. The average molecular weight is 345 g/mol. The quantitative estimate of drug-likeness (QED) is 0.597. The van der Waals surface area contributed by atoms with Gasteiger partial charge in [-0.05, 0) is 48.7 Å². The standard InChI is InChI=1S/C20H19N5O/c1-25-19-7-2-12(8-14(19)11-21-25)9-18-16-10-13(3-6-17(16)23-24-18)20(26)22-15-4-5-15/h2-3,6-8,10-11,15H,4-5,9H2,1H3,(H,22,26)(H,23,24). The summed E-state index contributed by atoms with van der Waals surface area (Å²) < 4.78 is 1.87. The van der Waals surface area contributed by atoms with E-state index < -0.39 is 0 Å². The van der Waals surface area contributed by atoms with Crippen LogP contribution in [0.1, 0.15) is 34.5 Å². The molecule has 6 nitrogen and oxygen atoms in total. The highest BCUT2D eigenvalue weighted by Gasteiger charge is 2.24. The summed E-state index contributed by atoms with van der Waals surface area (Å²) in [5.74, 6) is -0.00155. The second-order valence-electron chi connectivity index (χ2n) is 7.02. The number of aromatic amines is 1. The van der Waals surface area contributed by atoms with Crippen LogP contribution in [0.3, 0.4) is 0 Å². The van der Waals surface area contributed by atoms with Gasteiger partial charge in [0.2, 0.25) is 0 Å². The van der Waals surface area contributed by atoms with Crippen LogP contribution in [0.15, 0.2) is 42.6 Å². The van der Waals surface area contributed by atoms with Crippen LogP contribution in [0.5, 0.6) is 0 Å². The molecule has 130 valence electrons. The zero-order valence-corrected chi connectivity index (χ0v) is 14.5. The van der Waals surface area contributed by atoms with Gasteiger partial charge in [-0.15, -0.1) is 0 Å². The first-order valence-electron chi connectivity index (χ1n) is 8.86. The molecular formula is C20H19N5O. The van der Waals surface area contributed by atoms with Crippen molar-refractivity contribution in [3.63, 3.8) is 0 Å². The van der Waals surface area contributed by atoms with E-state index in [0.29, 0.717) is 11.6 Å². The maximum atomic E-state index is 12.3. The first-order valence-corrected chi connectivity index (χ1v) is 8.86. The van der Waals surface area contributed by atoms with E-state index in [0.717, 1.165) is 46.8 Å². The molecule has 0 saturated heterocycles. The Hall–Kier alpha value is -3.15. The van der Waals surface area contributed by atoms with Crippen molar-refractivity contribution in [1.82, 2.24) is 25.3 Å². The van der Waals surface area contributed by atoms with Gasteiger partial charge in [-0.1, -0.05) is 6.07 Å². The van der Waals surface area contributed by atoms with Crippen LogP contribution >= 0.6 is 0 Å². The lowest BCUT2D eigenvalue weighted by molar-refractivity contribution is 0.0951. The second kappa shape index (κ2) is 5.69. The van der Waals surface area contributed by atoms with Gasteiger partial charge < -0.3 is 5.32 Å². The maximum absolute atomic E-state index is 12.3. The van der Waals surface area contributed by atoms with Gasteiger partial charge in [-0.2, -0.15) is 10.2 Å². The minimum Gasteiger partial charge on any atom is -0.349 e. The van der Waals surface area contributed by atoms with Gasteiger partial charge >= 0.3 is 0 Å². The topological polar surface area (TPSA) is 75.6 Å². The third kappa shape index (κ3) is 2.63. The lowest BCUT2D eigenvalue weighted by Crippen LogP contribution is -2.25. The molecule has 1 saturated carbocycles. The summed E-state index contributed by atoms with van der Waals surface area (Å²) in [7, 11) is 1.94. The molecule has 1 aliphatic rings. The van der Waals surface area contributed by atoms with Crippen molar-refractivity contribution in [3.8, 4) is 0 Å². The number of hydrogen-bond acceptors (Lipinski definition) is 3. The number of amides is 1. The first kappa shape index (κ1) is 15.1. The molecule has 0 spiro atoms. The van der Waals surface area contributed by atoms with Gasteiger partial charge in [0.25, 0.3) is 5.91 Å². The predicted molar refractivity (Wildman–Crippen MR) is 100 cm³/mol. The number of benzene rings is 2. The number of fused-ring (bicyclic) bond motifs is 2. The largest absolute Gasteiger partial charge is 0.349 e. The smallest absolute Gasteiger partial charge is 0.251 e. The molecule has 2 aromatic carbocycles. The van der Waals surface area contributed by atoms with E-state index in [1.54, 1.807) is 0 Å². The Labute approximate surface area is 150 Å². The van der Waals surface area contributed by atoms with Crippen molar-refractivity contribution in [2.45, 2.75) is 25.3 Å². The summed E-state index contributed by atoms with van der Waals surface area (Å²) in [5, 5.41) is 17.0. The van der Waals surface area contributed by atoms with E-state index in [-0.39, 0.29) is 5.91 Å². The minimum atomic E-state index is -0.00155. The number of H-pyrrole nitrogens is 1. The fourth-order valence-electron chi connectivity index (χ4n) is 3.36. The zero-order chi connectivity index (χ0) is 17.7. The Morgan fingerprint density at radius 3 is 3.00 bits per heavy atom. The maximum Gasteiger partial charge on any atom is 0.251 e. The highest BCUT2D eigenvalue weighted by atomic mass is 16.1. The van der Waals surface area contributed by atoms with Crippen molar-refractivity contribution in [2.75, 3.05) is 0 Å². The van der Waals surface area contributed by atoms with Crippen molar-refractivity contribution in [3.05, 3.63) is 59.4 Å². The minimum absolute atomic E-state index is 0.00155. The molecule has 2 N–H and O–H groups in total. The molecule has 4 aromatic rings. The SMILES string of the molecule is Cn1ncc2cc(Cc3[nH]nc4ccc(C(=O)NC5CC5)cc34)ccc21. The number of rotatable bonds is 4. The summed E-state index contributed by atoms with van der Waals surface area (Å²) in [6.07, 6.45) is 4.78. The molecule has 0 bridgehead atoms. The van der Waals surface area contributed by atoms with E-state index in [1.807, 2.05) is 36.1 Å². The fraction of sp³-hybridized carbons (Fsp3) is 0.250. The fourth-order valence-corrected chi connectivity index (χ4v) is 3.36. The molecule has 1 aliphatic carbocycles. The molecule has 2 heterocycles. The normalized spacial score (nSPS) is 14.2. The molecule has 2 aromatic heterocycles. The summed E-state index contributed by atoms with van der Waals surface area (Å²) in [6, 6.07) is 12.4. The number of nitrogens with zero attached hydrogens (tertiary/aromatic N) is 3. The van der Waals surface area contributed by atoms with E-state index in [2.05, 4.69) is 38.8 Å². The monoisotopic (exact) mass is 345 g/mol. The van der Waals surface area contributed by atoms with E-state index in [9.17, 15) is 4.79 Å². The van der Waals surface area contributed by atoms with Crippen LogP contribution in [0.4, 0.5) is 0 Å². The molecule has 0 aliphatic heterocycles. The van der Waals surface area contributed by atoms with Gasteiger partial charge in [0, 0.05) is 41.5 Å². The molecule has 0 atom stereocenters. The van der Waals surface area contributed by atoms with E-state index in [4.69, 9.17) is 0 Å². The van der Waals surface area contributed by atoms with Gasteiger partial charge in [0.1, 0.15) is 0 Å². The van der Waals surface area contributed by atoms with Crippen LogP contribution in [0, 0.1) is 0 Å². The molecule has 1 amide bonds. The summed E-state index contributed by atoms with van der Waals surface area (Å²) in [4.78, 5) is 12.3. The number of aryl methyl sites for hydroxylation is 1. The third-order valence-corrected chi connectivity index (χ3v) is 5.00. The molecule has 6 heteroatoms. The summed E-state index contributed by atoms with van der Waals surface area (Å²) in [6.45, 7) is 0. The molecule has 5 rings (SSSR count). The van der Waals surface area contributed by atoms with Crippen molar-refractivity contribution in [1.29, 1.82) is 0 Å². The lowest BCUT2D eigenvalue weighted by atomic mass is 10.0. The Balaban J connectivity index is 1.47. The van der Waals surface area contributed by atoms with Crippen LogP contribution in [-0.2, 0) is 13.5 Å². The number of carbonyl (C=O) groups is 1. The first-order chi connectivity index (χ1) is 12.7. The Bertz CT molecular complexity index is 1140. The third-order valence-electron chi connectivity index (χ3n) is 5.00. The summed E-state index contributed by atoms with van der Waals surface area (Å²) in [5.41, 5.74) is 4.88. The van der Waals surface area contributed by atoms with Crippen LogP contribution in [0.25, 0.3) is 21.8 Å². The average Bonchev–Trinajstić information content (AvgIpc) is 3.27. The lowest BCUT2D eigenvalue weighted by Gasteiger charge is -2.04. The van der Waals surface area contributed by atoms with Gasteiger partial charge in [0.05, 0.1) is 17.2 Å². The Morgan fingerprint density at radius 2 is 2.15 bits per heavy atom. The highest BCUT2D eigenvalue weighted by Crippen LogP contribution is 2.24. The van der Waals surface area contributed by atoms with E-state index in [1.165, 1.54) is 5.56 Å². The number of aromatic nitrogens is 4. The number of hydrogen-bond donors (Lipinski definition) is 2. The number of nitrogens with one attached hydrogen (secondary N) is 2. The zero-order valence-electron chi connectivity index (χ0n) is 14.5. The van der Waals surface area contributed by atoms with Crippen LogP contribution in [0.2, 0.25) is 0 Å². The molecule has 0 radical (unpaired) electrons. The summed E-state index contributed by atoms with van der Waals surface area (Å²) >= 11 is 0. The van der Waals surface area contributed by atoms with Crippen molar-refractivity contribution in [2.24, 2.45) is 7.05 Å². The Morgan fingerprint density at radius 1 is 1.27 bits per heavy atom. The molecule has 1 fully saturated rings. The Kier molecular flexibility index (Phi) is 3.31. The van der Waals surface area contributed by atoms with Crippen molar-refractivity contribution < 1.29 is 4.79 Å². The highest BCUT2D eigenvalue weighted by molar-refractivity contribution is 5.98. The van der Waals surface area contributed by atoms with Gasteiger partial charge in [-0.25, -0.2) is 0 Å². The molecular weight excluding hydrogens is 326 g/mol. The van der Waals surface area contributed by atoms with E-state index >= 15 is 0 Å². The van der Waals surface area contributed by atoms with Gasteiger partial charge in [0.15, 0.2) is 0 Å².